The summed E-state index contributed by atoms with van der Waals surface area (Å²) in [5.41, 5.74) is 0. The first-order valence-corrected chi connectivity index (χ1v) is 27.6. The fraction of sp³-hybridized carbons (Fsp3) is 0.893. The average Bonchev–Trinajstić information content (AvgIpc) is 3.27. The Labute approximate surface area is 386 Å². The van der Waals surface area contributed by atoms with Crippen LogP contribution in [0.2, 0.25) is 0 Å². The molecule has 1 amide bonds. The molecule has 2 atom stereocenters. The van der Waals surface area contributed by atoms with Crippen molar-refractivity contribution in [2.45, 2.75) is 309 Å². The van der Waals surface area contributed by atoms with Crippen molar-refractivity contribution in [3.05, 3.63) is 24.3 Å². The second kappa shape index (κ2) is 52.0. The molecular weight excluding hydrogens is 767 g/mol. The largest absolute Gasteiger partial charge is 0.466 e. The third-order valence-electron chi connectivity index (χ3n) is 12.7. The summed E-state index contributed by atoms with van der Waals surface area (Å²) in [5, 5.41) is 23.1. The second-order valence-corrected chi connectivity index (χ2v) is 18.9. The number of nitrogens with one attached hydrogen (secondary N) is 1. The fourth-order valence-corrected chi connectivity index (χ4v) is 8.44. The number of ether oxygens (including phenoxy) is 1. The summed E-state index contributed by atoms with van der Waals surface area (Å²) < 4.78 is 5.44. The van der Waals surface area contributed by atoms with Gasteiger partial charge in [0, 0.05) is 12.8 Å². The van der Waals surface area contributed by atoms with Crippen LogP contribution in [0.15, 0.2) is 24.3 Å². The summed E-state index contributed by atoms with van der Waals surface area (Å²) >= 11 is 0. The van der Waals surface area contributed by atoms with Crippen LogP contribution in [0.4, 0.5) is 0 Å². The zero-order valence-corrected chi connectivity index (χ0v) is 41.6. The fourth-order valence-electron chi connectivity index (χ4n) is 8.44. The second-order valence-electron chi connectivity index (χ2n) is 18.9. The Morgan fingerprint density at radius 2 is 0.774 bits per heavy atom. The lowest BCUT2D eigenvalue weighted by Crippen LogP contribution is -2.45. The Morgan fingerprint density at radius 3 is 1.19 bits per heavy atom. The molecule has 62 heavy (non-hydrogen) atoms. The van der Waals surface area contributed by atoms with E-state index in [9.17, 15) is 19.8 Å². The maximum atomic E-state index is 12.5. The quantitative estimate of drug-likeness (QED) is 0.0321. The number of unbranched alkanes of at least 4 members (excludes halogenated alkanes) is 38. The van der Waals surface area contributed by atoms with Gasteiger partial charge in [-0.05, 0) is 51.4 Å². The number of rotatable bonds is 51. The molecular formula is C56H107NO5. The Morgan fingerprint density at radius 1 is 0.435 bits per heavy atom. The van der Waals surface area contributed by atoms with Crippen molar-refractivity contribution in [2.24, 2.45) is 0 Å². The van der Waals surface area contributed by atoms with Gasteiger partial charge < -0.3 is 20.3 Å². The molecule has 0 aliphatic carbocycles. The molecule has 0 fully saturated rings. The molecule has 0 radical (unpaired) electrons. The van der Waals surface area contributed by atoms with E-state index < -0.39 is 12.1 Å². The van der Waals surface area contributed by atoms with Crippen molar-refractivity contribution in [3.8, 4) is 0 Å². The third-order valence-corrected chi connectivity index (χ3v) is 12.7. The Balaban J connectivity index is 3.50. The van der Waals surface area contributed by atoms with Gasteiger partial charge in [-0.3, -0.25) is 9.59 Å². The smallest absolute Gasteiger partial charge is 0.305 e. The molecule has 6 heteroatoms. The van der Waals surface area contributed by atoms with E-state index in [0.717, 1.165) is 57.8 Å². The maximum absolute atomic E-state index is 12.5. The zero-order valence-electron chi connectivity index (χ0n) is 41.6. The number of hydrogen-bond donors (Lipinski definition) is 3. The highest BCUT2D eigenvalue weighted by Crippen LogP contribution is 2.17. The summed E-state index contributed by atoms with van der Waals surface area (Å²) in [4.78, 5) is 24.4. The number of aliphatic hydroxyl groups is 2. The number of allylic oxidation sites excluding steroid dienone is 3. The van der Waals surface area contributed by atoms with Gasteiger partial charge in [0.2, 0.25) is 5.91 Å². The predicted octanol–water partition coefficient (Wildman–Crippen LogP) is 16.7. The number of carbonyl (C=O) groups excluding carboxylic acids is 2. The van der Waals surface area contributed by atoms with E-state index in [0.29, 0.717) is 19.4 Å². The molecule has 366 valence electrons. The Bertz CT molecular complexity index is 966. The number of aliphatic hydroxyl groups excluding tert-OH is 2. The van der Waals surface area contributed by atoms with Gasteiger partial charge in [-0.2, -0.15) is 0 Å². The third kappa shape index (κ3) is 47.8. The lowest BCUT2D eigenvalue weighted by Gasteiger charge is -2.20. The number of esters is 1. The van der Waals surface area contributed by atoms with E-state index >= 15 is 0 Å². The topological polar surface area (TPSA) is 95.9 Å². The van der Waals surface area contributed by atoms with E-state index in [1.165, 1.54) is 212 Å². The van der Waals surface area contributed by atoms with Crippen LogP contribution in [0.25, 0.3) is 0 Å². The molecule has 0 aromatic heterocycles. The zero-order chi connectivity index (χ0) is 45.1. The van der Waals surface area contributed by atoms with Crippen LogP contribution < -0.4 is 5.32 Å². The molecule has 6 nitrogen and oxygen atoms in total. The molecule has 0 heterocycles. The predicted molar refractivity (Wildman–Crippen MR) is 269 cm³/mol. The van der Waals surface area contributed by atoms with E-state index in [1.807, 2.05) is 6.08 Å². The molecule has 0 bridgehead atoms. The van der Waals surface area contributed by atoms with Gasteiger partial charge in [0.15, 0.2) is 0 Å². The van der Waals surface area contributed by atoms with E-state index in [1.54, 1.807) is 6.08 Å². The molecule has 0 aliphatic heterocycles. The first-order chi connectivity index (χ1) is 30.5. The molecule has 0 aromatic rings. The monoisotopic (exact) mass is 874 g/mol. The van der Waals surface area contributed by atoms with Gasteiger partial charge in [-0.25, -0.2) is 0 Å². The van der Waals surface area contributed by atoms with Crippen molar-refractivity contribution >= 4 is 11.9 Å². The van der Waals surface area contributed by atoms with E-state index in [4.69, 9.17) is 4.74 Å². The van der Waals surface area contributed by atoms with E-state index in [-0.39, 0.29) is 18.5 Å². The Hall–Kier alpha value is -1.66. The molecule has 0 spiro atoms. The highest BCUT2D eigenvalue weighted by Gasteiger charge is 2.18. The van der Waals surface area contributed by atoms with Crippen LogP contribution in [-0.2, 0) is 14.3 Å². The Kier molecular flexibility index (Phi) is 50.6. The lowest BCUT2D eigenvalue weighted by atomic mass is 10.0. The van der Waals surface area contributed by atoms with Gasteiger partial charge in [0.05, 0.1) is 25.4 Å². The number of amides is 1. The van der Waals surface area contributed by atoms with Gasteiger partial charge >= 0.3 is 5.97 Å². The highest BCUT2D eigenvalue weighted by molar-refractivity contribution is 5.76. The van der Waals surface area contributed by atoms with E-state index in [2.05, 4.69) is 31.3 Å². The molecule has 3 N–H and O–H groups in total. The molecule has 0 saturated carbocycles. The summed E-state index contributed by atoms with van der Waals surface area (Å²) in [6.45, 7) is 4.85. The summed E-state index contributed by atoms with van der Waals surface area (Å²) in [7, 11) is 0. The standard InChI is InChI=1S/C56H107NO5/c1-3-5-7-9-11-13-15-16-17-18-19-20-21-22-23-25-29-32-36-40-44-48-54(59)53(52-58)57-55(60)49-45-41-37-33-30-26-24-27-31-35-39-43-47-51-62-56(61)50-46-42-38-34-28-14-12-10-8-6-4-2/h10,12,44,48,53-54,58-59H,3-9,11,13-43,45-47,49-52H2,1-2H3,(H,57,60)/b12-10-,48-44+. The summed E-state index contributed by atoms with van der Waals surface area (Å²) in [6, 6.07) is -0.638. The van der Waals surface area contributed by atoms with Crippen LogP contribution >= 0.6 is 0 Å². The number of hydrogen-bond acceptors (Lipinski definition) is 5. The molecule has 2 unspecified atom stereocenters. The van der Waals surface area contributed by atoms with Crippen LogP contribution in [0.5, 0.6) is 0 Å². The molecule has 0 saturated heterocycles. The summed E-state index contributed by atoms with van der Waals surface area (Å²) in [6.07, 6.45) is 61.9. The van der Waals surface area contributed by atoms with Gasteiger partial charge in [-0.1, -0.05) is 256 Å². The minimum absolute atomic E-state index is 0.0177. The van der Waals surface area contributed by atoms with Crippen molar-refractivity contribution in [2.75, 3.05) is 13.2 Å². The summed E-state index contributed by atoms with van der Waals surface area (Å²) in [5.74, 6) is -0.0968. The minimum Gasteiger partial charge on any atom is -0.466 e. The van der Waals surface area contributed by atoms with Crippen LogP contribution in [-0.4, -0.2) is 47.4 Å². The highest BCUT2D eigenvalue weighted by atomic mass is 16.5. The van der Waals surface area contributed by atoms with Crippen molar-refractivity contribution in [1.29, 1.82) is 0 Å². The molecule has 0 rings (SSSR count). The lowest BCUT2D eigenvalue weighted by molar-refractivity contribution is -0.143. The van der Waals surface area contributed by atoms with Crippen LogP contribution in [0, 0.1) is 0 Å². The first-order valence-electron chi connectivity index (χ1n) is 27.6. The molecule has 0 aliphatic rings. The molecule has 0 aromatic carbocycles. The van der Waals surface area contributed by atoms with Crippen molar-refractivity contribution < 1.29 is 24.5 Å². The van der Waals surface area contributed by atoms with Crippen molar-refractivity contribution in [3.63, 3.8) is 0 Å². The van der Waals surface area contributed by atoms with Gasteiger partial charge in [0.1, 0.15) is 0 Å². The normalized spacial score (nSPS) is 12.8. The van der Waals surface area contributed by atoms with Crippen molar-refractivity contribution in [1.82, 2.24) is 5.32 Å². The average molecular weight is 874 g/mol. The SMILES string of the molecule is CCCC/C=C\CCCCCCCC(=O)OCCCCCCCCCCCCCCCC(=O)NC(CO)C(O)/C=C/CCCCCCCCCCCCCCCCCCCCC. The van der Waals surface area contributed by atoms with Crippen LogP contribution in [0.3, 0.4) is 0 Å². The first kappa shape index (κ1) is 60.3. The van der Waals surface area contributed by atoms with Gasteiger partial charge in [0.25, 0.3) is 0 Å². The minimum atomic E-state index is -0.853. The van der Waals surface area contributed by atoms with Gasteiger partial charge in [-0.15, -0.1) is 0 Å². The maximum Gasteiger partial charge on any atom is 0.305 e. The number of carbonyl (C=O) groups is 2. The van der Waals surface area contributed by atoms with Crippen LogP contribution in [0.1, 0.15) is 296 Å².